The molecule has 3 aromatic carbocycles. The number of benzene rings is 3. The van der Waals surface area contributed by atoms with Crippen LogP contribution in [0.2, 0.25) is 0 Å². The molecule has 1 aromatic heterocycles. The Morgan fingerprint density at radius 1 is 0.909 bits per heavy atom. The molecule has 0 saturated heterocycles. The molecule has 0 radical (unpaired) electrons. The highest BCUT2D eigenvalue weighted by Gasteiger charge is 2.16. The maximum absolute atomic E-state index is 12.1. The van der Waals surface area contributed by atoms with Crippen LogP contribution in [0.15, 0.2) is 90.0 Å². The van der Waals surface area contributed by atoms with Gasteiger partial charge in [0.25, 0.3) is 0 Å². The second-order valence-electron chi connectivity index (χ2n) is 6.78. The van der Waals surface area contributed by atoms with E-state index in [2.05, 4.69) is 26.0 Å². The zero-order chi connectivity index (χ0) is 22.9. The molecule has 2 N–H and O–H groups in total. The van der Waals surface area contributed by atoms with Gasteiger partial charge in [-0.25, -0.2) is 5.43 Å². The fourth-order valence-electron chi connectivity index (χ4n) is 2.77. The van der Waals surface area contributed by atoms with E-state index in [4.69, 9.17) is 4.74 Å². The lowest BCUT2D eigenvalue weighted by atomic mass is 10.2. The Morgan fingerprint density at radius 3 is 2.45 bits per heavy atom. The standard InChI is InChI=1S/C24H19N5O3S/c30-21(26-24-29-28-23(33-24)19-11-5-2-6-12-19)22(31)27-25-15-18-10-7-13-20(14-18)32-16-17-8-3-1-4-9-17/h1-15H,16H2,(H,27,31)(H,26,29,30). The highest BCUT2D eigenvalue weighted by molar-refractivity contribution is 7.18. The number of carbonyl (C=O) groups is 2. The number of hydrazone groups is 1. The summed E-state index contributed by atoms with van der Waals surface area (Å²) in [6, 6.07) is 26.5. The molecule has 0 aliphatic rings. The molecule has 8 nitrogen and oxygen atoms in total. The molecule has 0 aliphatic heterocycles. The minimum atomic E-state index is -0.917. The van der Waals surface area contributed by atoms with Crippen molar-refractivity contribution >= 4 is 34.5 Å². The van der Waals surface area contributed by atoms with Crippen LogP contribution in [0.1, 0.15) is 11.1 Å². The second kappa shape index (κ2) is 10.8. The van der Waals surface area contributed by atoms with Crippen molar-refractivity contribution in [3.8, 4) is 16.3 Å². The molecule has 0 bridgehead atoms. The highest BCUT2D eigenvalue weighted by Crippen LogP contribution is 2.25. The van der Waals surface area contributed by atoms with E-state index in [0.29, 0.717) is 22.9 Å². The number of rotatable bonds is 7. The molecule has 0 aliphatic carbocycles. The third kappa shape index (κ3) is 6.31. The molecular weight excluding hydrogens is 438 g/mol. The Bertz CT molecular complexity index is 1260. The van der Waals surface area contributed by atoms with E-state index in [-0.39, 0.29) is 5.13 Å². The number of anilines is 1. The average Bonchev–Trinajstić information content (AvgIpc) is 3.32. The Balaban J connectivity index is 1.28. The van der Waals surface area contributed by atoms with E-state index < -0.39 is 11.8 Å². The van der Waals surface area contributed by atoms with Crippen LogP contribution in [0.5, 0.6) is 5.75 Å². The lowest BCUT2D eigenvalue weighted by Gasteiger charge is -2.06. The zero-order valence-corrected chi connectivity index (χ0v) is 18.2. The van der Waals surface area contributed by atoms with Gasteiger partial charge in [0.2, 0.25) is 5.13 Å². The van der Waals surface area contributed by atoms with Crippen molar-refractivity contribution in [3.63, 3.8) is 0 Å². The number of nitrogens with zero attached hydrogens (tertiary/aromatic N) is 3. The fourth-order valence-corrected chi connectivity index (χ4v) is 3.51. The molecule has 0 atom stereocenters. The first-order valence-electron chi connectivity index (χ1n) is 9.97. The first-order chi connectivity index (χ1) is 16.2. The predicted octanol–water partition coefficient (Wildman–Crippen LogP) is 3.87. The largest absolute Gasteiger partial charge is 0.489 e. The van der Waals surface area contributed by atoms with Crippen molar-refractivity contribution < 1.29 is 14.3 Å². The third-order valence-electron chi connectivity index (χ3n) is 4.36. The SMILES string of the molecule is O=C(NN=Cc1cccc(OCc2ccccc2)c1)C(=O)Nc1nnc(-c2ccccc2)s1. The minimum absolute atomic E-state index is 0.223. The summed E-state index contributed by atoms with van der Waals surface area (Å²) in [4.78, 5) is 24.1. The van der Waals surface area contributed by atoms with Crippen molar-refractivity contribution in [3.05, 3.63) is 96.1 Å². The lowest BCUT2D eigenvalue weighted by Crippen LogP contribution is -2.32. The van der Waals surface area contributed by atoms with E-state index in [1.54, 1.807) is 12.1 Å². The van der Waals surface area contributed by atoms with Gasteiger partial charge < -0.3 is 4.74 Å². The van der Waals surface area contributed by atoms with Crippen LogP contribution < -0.4 is 15.5 Å². The summed E-state index contributed by atoms with van der Waals surface area (Å²) in [6.07, 6.45) is 1.43. The van der Waals surface area contributed by atoms with Gasteiger partial charge in [0.1, 0.15) is 17.4 Å². The van der Waals surface area contributed by atoms with Crippen molar-refractivity contribution in [1.29, 1.82) is 0 Å². The molecular formula is C24H19N5O3S. The zero-order valence-electron chi connectivity index (χ0n) is 17.3. The van der Waals surface area contributed by atoms with E-state index in [1.807, 2.05) is 72.8 Å². The first-order valence-corrected chi connectivity index (χ1v) is 10.8. The summed E-state index contributed by atoms with van der Waals surface area (Å²) in [5.41, 5.74) is 4.84. The topological polar surface area (TPSA) is 106 Å². The number of nitrogens with one attached hydrogen (secondary N) is 2. The molecule has 9 heteroatoms. The third-order valence-corrected chi connectivity index (χ3v) is 5.25. The molecule has 164 valence electrons. The summed E-state index contributed by atoms with van der Waals surface area (Å²) in [5, 5.41) is 15.0. The summed E-state index contributed by atoms with van der Waals surface area (Å²) in [5.74, 6) is -1.14. The van der Waals surface area contributed by atoms with Crippen molar-refractivity contribution in [2.75, 3.05) is 5.32 Å². The van der Waals surface area contributed by atoms with Gasteiger partial charge in [0.15, 0.2) is 0 Å². The summed E-state index contributed by atoms with van der Waals surface area (Å²) in [6.45, 7) is 0.440. The van der Waals surface area contributed by atoms with Crippen LogP contribution in [0, 0.1) is 0 Å². The van der Waals surface area contributed by atoms with E-state index in [1.165, 1.54) is 17.6 Å². The summed E-state index contributed by atoms with van der Waals surface area (Å²) >= 11 is 1.17. The molecule has 4 aromatic rings. The number of hydrogen-bond donors (Lipinski definition) is 2. The van der Waals surface area contributed by atoms with Gasteiger partial charge in [-0.2, -0.15) is 5.10 Å². The number of amides is 2. The van der Waals surface area contributed by atoms with Gasteiger partial charge in [-0.1, -0.05) is 84.1 Å². The Labute approximate surface area is 194 Å². The normalized spacial score (nSPS) is 10.7. The van der Waals surface area contributed by atoms with Gasteiger partial charge in [-0.15, -0.1) is 10.2 Å². The summed E-state index contributed by atoms with van der Waals surface area (Å²) in [7, 11) is 0. The van der Waals surface area contributed by atoms with Crippen molar-refractivity contribution in [2.24, 2.45) is 5.10 Å². The van der Waals surface area contributed by atoms with Gasteiger partial charge in [-0.05, 0) is 23.3 Å². The molecule has 0 saturated carbocycles. The molecule has 0 unspecified atom stereocenters. The monoisotopic (exact) mass is 457 g/mol. The molecule has 2 amide bonds. The smallest absolute Gasteiger partial charge is 0.329 e. The summed E-state index contributed by atoms with van der Waals surface area (Å²) < 4.78 is 5.77. The number of aromatic nitrogens is 2. The Hall–Kier alpha value is -4.37. The van der Waals surface area contributed by atoms with Crippen LogP contribution in [-0.4, -0.2) is 28.2 Å². The van der Waals surface area contributed by atoms with Gasteiger partial charge >= 0.3 is 11.8 Å². The molecule has 0 fully saturated rings. The number of ether oxygens (including phenoxy) is 1. The van der Waals surface area contributed by atoms with Crippen molar-refractivity contribution in [1.82, 2.24) is 15.6 Å². The number of carbonyl (C=O) groups excluding carboxylic acids is 2. The quantitative estimate of drug-likeness (QED) is 0.249. The van der Waals surface area contributed by atoms with Crippen LogP contribution in [0.25, 0.3) is 10.6 Å². The van der Waals surface area contributed by atoms with Crippen LogP contribution in [0.3, 0.4) is 0 Å². The van der Waals surface area contributed by atoms with Gasteiger partial charge in [-0.3, -0.25) is 14.9 Å². The maximum atomic E-state index is 12.1. The Kier molecular flexibility index (Phi) is 7.14. The Morgan fingerprint density at radius 2 is 1.67 bits per heavy atom. The second-order valence-corrected chi connectivity index (χ2v) is 7.76. The molecule has 1 heterocycles. The van der Waals surface area contributed by atoms with E-state index in [0.717, 1.165) is 11.1 Å². The highest BCUT2D eigenvalue weighted by atomic mass is 32.1. The molecule has 33 heavy (non-hydrogen) atoms. The molecule has 4 rings (SSSR count). The first kappa shape index (κ1) is 21.8. The lowest BCUT2D eigenvalue weighted by molar-refractivity contribution is -0.136. The van der Waals surface area contributed by atoms with Gasteiger partial charge in [0, 0.05) is 5.56 Å². The van der Waals surface area contributed by atoms with Crippen LogP contribution >= 0.6 is 11.3 Å². The van der Waals surface area contributed by atoms with E-state index in [9.17, 15) is 9.59 Å². The molecule has 0 spiro atoms. The average molecular weight is 458 g/mol. The maximum Gasteiger partial charge on any atom is 0.329 e. The van der Waals surface area contributed by atoms with Gasteiger partial charge in [0.05, 0.1) is 6.21 Å². The van der Waals surface area contributed by atoms with Crippen LogP contribution in [0.4, 0.5) is 5.13 Å². The van der Waals surface area contributed by atoms with Crippen LogP contribution in [-0.2, 0) is 16.2 Å². The minimum Gasteiger partial charge on any atom is -0.489 e. The fraction of sp³-hybridized carbons (Fsp3) is 0.0417. The van der Waals surface area contributed by atoms with E-state index >= 15 is 0 Å². The predicted molar refractivity (Wildman–Crippen MR) is 127 cm³/mol. The van der Waals surface area contributed by atoms with Crippen molar-refractivity contribution in [2.45, 2.75) is 6.61 Å². The number of hydrogen-bond acceptors (Lipinski definition) is 7.